The van der Waals surface area contributed by atoms with Gasteiger partial charge in [0.2, 0.25) is 0 Å². The van der Waals surface area contributed by atoms with E-state index in [0.717, 1.165) is 25.9 Å². The Balaban J connectivity index is 1.95. The van der Waals surface area contributed by atoms with E-state index in [1.165, 1.54) is 27.6 Å². The van der Waals surface area contributed by atoms with Crippen LogP contribution in [0.5, 0.6) is 0 Å². The van der Waals surface area contributed by atoms with E-state index < -0.39 is 0 Å². The van der Waals surface area contributed by atoms with Gasteiger partial charge in [-0.1, -0.05) is 18.2 Å². The number of hydrogen-bond donors (Lipinski definition) is 1. The molecule has 15 heavy (non-hydrogen) atoms. The molecule has 1 aliphatic carbocycles. The normalized spacial score (nSPS) is 19.9. The van der Waals surface area contributed by atoms with E-state index in [1.807, 2.05) is 11.3 Å². The van der Waals surface area contributed by atoms with Crippen molar-refractivity contribution in [1.29, 1.82) is 0 Å². The first-order chi connectivity index (χ1) is 7.43. The largest absolute Gasteiger partial charge is 0.311 e. The Bertz CT molecular complexity index is 405. The molecule has 3 heteroatoms. The van der Waals surface area contributed by atoms with Crippen LogP contribution in [0.15, 0.2) is 18.2 Å². The monoisotopic (exact) mass is 218 g/mol. The highest BCUT2D eigenvalue weighted by Gasteiger charge is 2.16. The third-order valence-corrected chi connectivity index (χ3v) is 3.99. The minimum atomic E-state index is 1.00. The number of hydrogen-bond acceptors (Lipinski definition) is 3. The van der Waals surface area contributed by atoms with Crippen molar-refractivity contribution in [3.63, 3.8) is 0 Å². The van der Waals surface area contributed by atoms with Gasteiger partial charge in [0.1, 0.15) is 5.01 Å². The predicted molar refractivity (Wildman–Crippen MR) is 63.9 cm³/mol. The van der Waals surface area contributed by atoms with Crippen molar-refractivity contribution in [2.45, 2.75) is 25.8 Å². The lowest BCUT2D eigenvalue weighted by atomic mass is 10.1. The van der Waals surface area contributed by atoms with Gasteiger partial charge in [0.25, 0.3) is 0 Å². The van der Waals surface area contributed by atoms with Crippen LogP contribution in [0.1, 0.15) is 28.4 Å². The van der Waals surface area contributed by atoms with Crippen molar-refractivity contribution in [2.24, 2.45) is 0 Å². The van der Waals surface area contributed by atoms with Gasteiger partial charge in [-0.3, -0.25) is 0 Å². The third kappa shape index (κ3) is 1.77. The molecule has 0 fully saturated rings. The topological polar surface area (TPSA) is 24.9 Å². The summed E-state index contributed by atoms with van der Waals surface area (Å²) < 4.78 is 0. The van der Waals surface area contributed by atoms with Crippen LogP contribution in [0, 0.1) is 0 Å². The Morgan fingerprint density at radius 3 is 3.13 bits per heavy atom. The summed E-state index contributed by atoms with van der Waals surface area (Å²) in [6.07, 6.45) is 10.2. The average molecular weight is 218 g/mol. The van der Waals surface area contributed by atoms with Gasteiger partial charge in [-0.25, -0.2) is 4.98 Å². The van der Waals surface area contributed by atoms with Crippen LogP contribution in [-0.4, -0.2) is 11.5 Å². The third-order valence-electron chi connectivity index (χ3n) is 2.84. The molecule has 0 unspecified atom stereocenters. The van der Waals surface area contributed by atoms with Crippen molar-refractivity contribution < 1.29 is 0 Å². The van der Waals surface area contributed by atoms with Crippen molar-refractivity contribution in [3.05, 3.63) is 33.8 Å². The zero-order valence-corrected chi connectivity index (χ0v) is 9.44. The van der Waals surface area contributed by atoms with E-state index in [2.05, 4.69) is 23.5 Å². The fourth-order valence-electron chi connectivity index (χ4n) is 2.02. The number of thiazole rings is 1. The SMILES string of the molecule is C1=CC(c2nc3c(s2)CNCC3)=CCC1. The molecule has 1 aliphatic heterocycles. The van der Waals surface area contributed by atoms with Crippen LogP contribution in [0.2, 0.25) is 0 Å². The highest BCUT2D eigenvalue weighted by Crippen LogP contribution is 2.29. The second-order valence-corrected chi connectivity index (χ2v) is 5.04. The predicted octanol–water partition coefficient (Wildman–Crippen LogP) is 2.52. The van der Waals surface area contributed by atoms with Crippen LogP contribution >= 0.6 is 11.3 Å². The molecule has 2 heterocycles. The van der Waals surface area contributed by atoms with Gasteiger partial charge in [-0.2, -0.15) is 0 Å². The lowest BCUT2D eigenvalue weighted by Gasteiger charge is -2.09. The molecule has 0 amide bonds. The Kier molecular flexibility index (Phi) is 2.43. The number of rotatable bonds is 1. The minimum Gasteiger partial charge on any atom is -0.311 e. The molecule has 0 spiro atoms. The van der Waals surface area contributed by atoms with E-state index in [4.69, 9.17) is 4.98 Å². The molecular weight excluding hydrogens is 204 g/mol. The fourth-order valence-corrected chi connectivity index (χ4v) is 3.12. The Hall–Kier alpha value is -0.930. The van der Waals surface area contributed by atoms with Crippen molar-refractivity contribution >= 4 is 16.9 Å². The highest BCUT2D eigenvalue weighted by atomic mass is 32.1. The molecular formula is C12H14N2S. The molecule has 2 nitrogen and oxygen atoms in total. The Labute approximate surface area is 93.7 Å². The molecule has 3 rings (SSSR count). The lowest BCUT2D eigenvalue weighted by molar-refractivity contribution is 0.643. The van der Waals surface area contributed by atoms with Gasteiger partial charge < -0.3 is 5.32 Å². The van der Waals surface area contributed by atoms with Gasteiger partial charge in [0.05, 0.1) is 5.69 Å². The van der Waals surface area contributed by atoms with Crippen molar-refractivity contribution in [1.82, 2.24) is 10.3 Å². The minimum absolute atomic E-state index is 1.00. The van der Waals surface area contributed by atoms with Gasteiger partial charge in [-0.05, 0) is 12.8 Å². The molecule has 0 saturated heterocycles. The first kappa shape index (κ1) is 9.31. The highest BCUT2D eigenvalue weighted by molar-refractivity contribution is 7.12. The van der Waals surface area contributed by atoms with Crippen molar-refractivity contribution in [3.8, 4) is 0 Å². The molecule has 1 aromatic heterocycles. The molecule has 1 N–H and O–H groups in total. The average Bonchev–Trinajstić information content (AvgIpc) is 2.74. The van der Waals surface area contributed by atoms with Crippen LogP contribution in [0.4, 0.5) is 0 Å². The molecule has 2 aliphatic rings. The van der Waals surface area contributed by atoms with E-state index in [1.54, 1.807) is 0 Å². The van der Waals surface area contributed by atoms with E-state index in [-0.39, 0.29) is 0 Å². The number of fused-ring (bicyclic) bond motifs is 1. The molecule has 0 atom stereocenters. The summed E-state index contributed by atoms with van der Waals surface area (Å²) in [4.78, 5) is 6.16. The summed E-state index contributed by atoms with van der Waals surface area (Å²) in [5, 5.41) is 4.60. The summed E-state index contributed by atoms with van der Waals surface area (Å²) >= 11 is 1.85. The summed E-state index contributed by atoms with van der Waals surface area (Å²) in [6.45, 7) is 2.08. The van der Waals surface area contributed by atoms with Gasteiger partial charge >= 0.3 is 0 Å². The lowest BCUT2D eigenvalue weighted by Crippen LogP contribution is -2.22. The Morgan fingerprint density at radius 1 is 1.33 bits per heavy atom. The van der Waals surface area contributed by atoms with Crippen molar-refractivity contribution in [2.75, 3.05) is 6.54 Å². The molecule has 0 radical (unpaired) electrons. The summed E-state index contributed by atoms with van der Waals surface area (Å²) in [6, 6.07) is 0. The zero-order valence-electron chi connectivity index (χ0n) is 8.62. The van der Waals surface area contributed by atoms with Crippen LogP contribution in [0.3, 0.4) is 0 Å². The maximum absolute atomic E-state index is 4.73. The van der Waals surface area contributed by atoms with Crippen LogP contribution in [-0.2, 0) is 13.0 Å². The van der Waals surface area contributed by atoms with E-state index in [0.29, 0.717) is 0 Å². The quantitative estimate of drug-likeness (QED) is 0.783. The first-order valence-corrected chi connectivity index (χ1v) is 6.31. The maximum atomic E-state index is 4.73. The number of aromatic nitrogens is 1. The first-order valence-electron chi connectivity index (χ1n) is 5.50. The Morgan fingerprint density at radius 2 is 2.33 bits per heavy atom. The second kappa shape index (κ2) is 3.91. The van der Waals surface area contributed by atoms with E-state index in [9.17, 15) is 0 Å². The molecule has 78 valence electrons. The van der Waals surface area contributed by atoms with Crippen LogP contribution < -0.4 is 5.32 Å². The molecule has 0 aromatic carbocycles. The summed E-state index contributed by atoms with van der Waals surface area (Å²) in [5.41, 5.74) is 2.63. The number of nitrogens with one attached hydrogen (secondary N) is 1. The van der Waals surface area contributed by atoms with E-state index >= 15 is 0 Å². The zero-order chi connectivity index (χ0) is 10.1. The molecule has 0 bridgehead atoms. The molecule has 1 aromatic rings. The molecule has 0 saturated carbocycles. The smallest absolute Gasteiger partial charge is 0.123 e. The summed E-state index contributed by atoms with van der Waals surface area (Å²) in [5.74, 6) is 0. The van der Waals surface area contributed by atoms with Gasteiger partial charge in [0, 0.05) is 30.0 Å². The summed E-state index contributed by atoms with van der Waals surface area (Å²) in [7, 11) is 0. The fraction of sp³-hybridized carbons (Fsp3) is 0.417. The number of allylic oxidation sites excluding steroid dienone is 4. The maximum Gasteiger partial charge on any atom is 0.123 e. The second-order valence-electron chi connectivity index (χ2n) is 3.95. The van der Waals surface area contributed by atoms with Gasteiger partial charge in [0.15, 0.2) is 0 Å². The van der Waals surface area contributed by atoms with Crippen LogP contribution in [0.25, 0.3) is 5.57 Å². The standard InChI is InChI=1S/C12H14N2S/c1-2-4-9(5-3-1)12-14-10-6-7-13-8-11(10)15-12/h2,4-5,13H,1,3,6-8H2. The number of nitrogens with zero attached hydrogens (tertiary/aromatic N) is 1. The van der Waals surface area contributed by atoms with Gasteiger partial charge in [-0.15, -0.1) is 11.3 Å².